The van der Waals surface area contributed by atoms with Crippen LogP contribution in [-0.4, -0.2) is 35.3 Å². The molecule has 34 heavy (non-hydrogen) atoms. The molecular weight excluding hydrogens is 436 g/mol. The van der Waals surface area contributed by atoms with E-state index in [0.717, 1.165) is 23.3 Å². The van der Waals surface area contributed by atoms with Gasteiger partial charge in [-0.1, -0.05) is 60.7 Å². The van der Waals surface area contributed by atoms with Gasteiger partial charge >= 0.3 is 6.03 Å². The van der Waals surface area contributed by atoms with Gasteiger partial charge in [0.2, 0.25) is 5.91 Å². The highest BCUT2D eigenvalue weighted by molar-refractivity contribution is 5.90. The number of urea groups is 1. The number of benzene rings is 3. The van der Waals surface area contributed by atoms with Crippen LogP contribution >= 0.6 is 0 Å². The van der Waals surface area contributed by atoms with Gasteiger partial charge < -0.3 is 15.1 Å². The van der Waals surface area contributed by atoms with E-state index in [-0.39, 0.29) is 30.1 Å². The van der Waals surface area contributed by atoms with Crippen LogP contribution in [-0.2, 0) is 11.3 Å². The number of rotatable bonds is 5. The van der Waals surface area contributed by atoms with Gasteiger partial charge in [0.1, 0.15) is 11.6 Å². The first kappa shape index (κ1) is 23.4. The Labute approximate surface area is 198 Å². The van der Waals surface area contributed by atoms with Gasteiger partial charge in [-0.05, 0) is 36.1 Å². The van der Waals surface area contributed by atoms with Crippen LogP contribution in [0.3, 0.4) is 0 Å². The number of anilines is 1. The molecule has 1 heterocycles. The fourth-order valence-corrected chi connectivity index (χ4v) is 4.44. The van der Waals surface area contributed by atoms with Gasteiger partial charge in [-0.3, -0.25) is 4.79 Å². The Morgan fingerprint density at radius 1 is 0.971 bits per heavy atom. The standard InChI is InChI=1S/C27H27F2N3O2/c1-31(17-19-8-4-2-5-9-19)26(33)21-12-15-25(20-10-6-3-7-11-20)32(18-21)27(34)30-24-14-13-22(28)16-23(24)29/h2-11,13-14,16,21,25H,12,15,17-18H2,1H3,(H,30,34). The molecule has 0 spiro atoms. The third kappa shape index (κ3) is 5.42. The molecule has 1 aliphatic rings. The number of nitrogens with zero attached hydrogens (tertiary/aromatic N) is 2. The summed E-state index contributed by atoms with van der Waals surface area (Å²) in [7, 11) is 1.76. The lowest BCUT2D eigenvalue weighted by atomic mass is 9.88. The van der Waals surface area contributed by atoms with E-state index in [1.54, 1.807) is 16.8 Å². The fraction of sp³-hybridized carbons (Fsp3) is 0.259. The van der Waals surface area contributed by atoms with Gasteiger partial charge in [-0.25, -0.2) is 13.6 Å². The van der Waals surface area contributed by atoms with Crippen molar-refractivity contribution in [2.75, 3.05) is 18.9 Å². The molecule has 1 saturated heterocycles. The van der Waals surface area contributed by atoms with E-state index in [2.05, 4.69) is 5.32 Å². The number of halogens is 2. The molecule has 0 radical (unpaired) electrons. The molecule has 2 atom stereocenters. The summed E-state index contributed by atoms with van der Waals surface area (Å²) in [6.45, 7) is 0.678. The summed E-state index contributed by atoms with van der Waals surface area (Å²) in [6.07, 6.45) is 1.23. The summed E-state index contributed by atoms with van der Waals surface area (Å²) in [4.78, 5) is 29.7. The normalized spacial score (nSPS) is 17.8. The summed E-state index contributed by atoms with van der Waals surface area (Å²) in [5.74, 6) is -1.99. The summed E-state index contributed by atoms with van der Waals surface area (Å²) in [5, 5.41) is 2.56. The van der Waals surface area contributed by atoms with E-state index < -0.39 is 17.7 Å². The molecule has 2 unspecified atom stereocenters. The van der Waals surface area contributed by atoms with Gasteiger partial charge in [0.15, 0.2) is 0 Å². The minimum absolute atomic E-state index is 0.0406. The van der Waals surface area contributed by atoms with Gasteiger partial charge in [-0.2, -0.15) is 0 Å². The SMILES string of the molecule is CN(Cc1ccccc1)C(=O)C1CCC(c2ccccc2)N(C(=O)Nc2ccc(F)cc2F)C1. The maximum Gasteiger partial charge on any atom is 0.322 e. The van der Waals surface area contributed by atoms with Crippen molar-refractivity contribution in [3.05, 3.63) is 102 Å². The van der Waals surface area contributed by atoms with Crippen LogP contribution in [0.1, 0.15) is 30.0 Å². The molecule has 1 N–H and O–H groups in total. The first-order valence-corrected chi connectivity index (χ1v) is 11.3. The largest absolute Gasteiger partial charge is 0.341 e. The minimum atomic E-state index is -0.850. The molecule has 3 amide bonds. The lowest BCUT2D eigenvalue weighted by molar-refractivity contribution is -0.136. The average molecular weight is 464 g/mol. The van der Waals surface area contributed by atoms with Crippen LogP contribution in [0.2, 0.25) is 0 Å². The molecule has 1 aliphatic heterocycles. The highest BCUT2D eigenvalue weighted by atomic mass is 19.1. The zero-order chi connectivity index (χ0) is 24.1. The van der Waals surface area contributed by atoms with E-state index in [1.165, 1.54) is 6.07 Å². The zero-order valence-corrected chi connectivity index (χ0v) is 19.0. The molecule has 3 aromatic carbocycles. The Kier molecular flexibility index (Phi) is 7.21. The number of amides is 3. The van der Waals surface area contributed by atoms with Crippen LogP contribution in [0.25, 0.3) is 0 Å². The molecule has 7 heteroatoms. The Morgan fingerprint density at radius 2 is 1.65 bits per heavy atom. The van der Waals surface area contributed by atoms with Crippen molar-refractivity contribution in [1.82, 2.24) is 9.80 Å². The predicted molar refractivity (Wildman–Crippen MR) is 127 cm³/mol. The van der Waals surface area contributed by atoms with Crippen molar-refractivity contribution in [1.29, 1.82) is 0 Å². The molecule has 0 aromatic heterocycles. The number of hydrogen-bond donors (Lipinski definition) is 1. The lowest BCUT2D eigenvalue weighted by Gasteiger charge is -2.40. The lowest BCUT2D eigenvalue weighted by Crippen LogP contribution is -2.48. The molecule has 5 nitrogen and oxygen atoms in total. The quantitative estimate of drug-likeness (QED) is 0.535. The van der Waals surface area contributed by atoms with Crippen molar-refractivity contribution in [2.24, 2.45) is 5.92 Å². The number of likely N-dealkylation sites (tertiary alicyclic amines) is 1. The van der Waals surface area contributed by atoms with E-state index in [1.807, 2.05) is 60.7 Å². The zero-order valence-electron chi connectivity index (χ0n) is 19.0. The number of hydrogen-bond acceptors (Lipinski definition) is 2. The average Bonchev–Trinajstić information content (AvgIpc) is 2.86. The number of piperidine rings is 1. The van der Waals surface area contributed by atoms with Crippen molar-refractivity contribution >= 4 is 17.6 Å². The number of carbonyl (C=O) groups is 2. The minimum Gasteiger partial charge on any atom is -0.341 e. The highest BCUT2D eigenvalue weighted by Crippen LogP contribution is 2.35. The summed E-state index contributed by atoms with van der Waals surface area (Å²) >= 11 is 0. The predicted octanol–water partition coefficient (Wildman–Crippen LogP) is 5.61. The van der Waals surface area contributed by atoms with Crippen LogP contribution in [0, 0.1) is 17.6 Å². The molecule has 0 bridgehead atoms. The molecule has 0 saturated carbocycles. The van der Waals surface area contributed by atoms with E-state index in [0.29, 0.717) is 19.4 Å². The Bertz CT molecular complexity index is 1140. The Hall–Kier alpha value is -3.74. The van der Waals surface area contributed by atoms with Crippen molar-refractivity contribution in [3.8, 4) is 0 Å². The molecule has 1 fully saturated rings. The maximum atomic E-state index is 14.2. The topological polar surface area (TPSA) is 52.7 Å². The monoisotopic (exact) mass is 463 g/mol. The van der Waals surface area contributed by atoms with Crippen molar-refractivity contribution < 1.29 is 18.4 Å². The van der Waals surface area contributed by atoms with Gasteiger partial charge in [-0.15, -0.1) is 0 Å². The third-order valence-electron chi connectivity index (χ3n) is 6.19. The Morgan fingerprint density at radius 3 is 2.32 bits per heavy atom. The van der Waals surface area contributed by atoms with Gasteiger partial charge in [0, 0.05) is 26.2 Å². The van der Waals surface area contributed by atoms with E-state index in [9.17, 15) is 18.4 Å². The number of nitrogens with one attached hydrogen (secondary N) is 1. The molecule has 176 valence electrons. The Balaban J connectivity index is 1.53. The highest BCUT2D eigenvalue weighted by Gasteiger charge is 2.36. The third-order valence-corrected chi connectivity index (χ3v) is 6.19. The van der Waals surface area contributed by atoms with Crippen LogP contribution < -0.4 is 5.32 Å². The molecular formula is C27H27F2N3O2. The van der Waals surface area contributed by atoms with Crippen molar-refractivity contribution in [2.45, 2.75) is 25.4 Å². The summed E-state index contributed by atoms with van der Waals surface area (Å²) in [5.41, 5.74) is 1.87. The van der Waals surface area contributed by atoms with Crippen molar-refractivity contribution in [3.63, 3.8) is 0 Å². The fourth-order valence-electron chi connectivity index (χ4n) is 4.44. The van der Waals surface area contributed by atoms with Gasteiger partial charge in [0.25, 0.3) is 0 Å². The second-order valence-corrected chi connectivity index (χ2v) is 8.59. The second kappa shape index (κ2) is 10.5. The van der Waals surface area contributed by atoms with Crippen LogP contribution in [0.4, 0.5) is 19.3 Å². The summed E-state index contributed by atoms with van der Waals surface area (Å²) < 4.78 is 27.5. The van der Waals surface area contributed by atoms with Gasteiger partial charge in [0.05, 0.1) is 17.6 Å². The molecule has 0 aliphatic carbocycles. The van der Waals surface area contributed by atoms with E-state index in [4.69, 9.17) is 0 Å². The maximum absolute atomic E-state index is 14.2. The summed E-state index contributed by atoms with van der Waals surface area (Å²) in [6, 6.07) is 21.5. The van der Waals surface area contributed by atoms with Crippen LogP contribution in [0.15, 0.2) is 78.9 Å². The molecule has 4 rings (SSSR count). The first-order valence-electron chi connectivity index (χ1n) is 11.3. The van der Waals surface area contributed by atoms with E-state index >= 15 is 0 Å². The molecule has 3 aromatic rings. The smallest absolute Gasteiger partial charge is 0.322 e. The number of carbonyl (C=O) groups excluding carboxylic acids is 2. The second-order valence-electron chi connectivity index (χ2n) is 8.59. The van der Waals surface area contributed by atoms with Crippen LogP contribution in [0.5, 0.6) is 0 Å². The first-order chi connectivity index (χ1) is 16.4.